The largest absolute Gasteiger partial charge is 0.481 e. The molecule has 0 bridgehead atoms. The Hall–Kier alpha value is -1.30. The third kappa shape index (κ3) is 4.33. The first kappa shape index (κ1) is 16.1. The lowest BCUT2D eigenvalue weighted by atomic mass is 9.94. The Morgan fingerprint density at radius 3 is 2.52 bits per heavy atom. The van der Waals surface area contributed by atoms with Gasteiger partial charge in [0, 0.05) is 13.0 Å². The number of aliphatic carboxylic acids is 1. The SMILES string of the molecule is CC1(C)CN(C(=O)NCCCC(=O)O)CC2(CCCC2)O1. The maximum absolute atomic E-state index is 12.3. The van der Waals surface area contributed by atoms with Crippen molar-refractivity contribution < 1.29 is 19.4 Å². The van der Waals surface area contributed by atoms with Crippen LogP contribution >= 0.6 is 0 Å². The minimum atomic E-state index is -0.832. The molecule has 0 aromatic carbocycles. The lowest BCUT2D eigenvalue weighted by Gasteiger charge is -2.48. The third-order valence-electron chi connectivity index (χ3n) is 4.19. The Balaban J connectivity index is 1.89. The average molecular weight is 298 g/mol. The van der Waals surface area contributed by atoms with Crippen molar-refractivity contribution >= 4 is 12.0 Å². The number of nitrogens with zero attached hydrogens (tertiary/aromatic N) is 1. The van der Waals surface area contributed by atoms with E-state index in [0.29, 0.717) is 26.1 Å². The van der Waals surface area contributed by atoms with Gasteiger partial charge in [0.05, 0.1) is 24.3 Å². The van der Waals surface area contributed by atoms with E-state index in [1.165, 1.54) is 0 Å². The summed E-state index contributed by atoms with van der Waals surface area (Å²) in [5.74, 6) is -0.832. The number of nitrogens with one attached hydrogen (secondary N) is 1. The number of urea groups is 1. The van der Waals surface area contributed by atoms with Gasteiger partial charge in [-0.3, -0.25) is 4.79 Å². The first-order chi connectivity index (χ1) is 9.82. The van der Waals surface area contributed by atoms with Crippen LogP contribution in [0.3, 0.4) is 0 Å². The second-order valence-corrected chi connectivity index (χ2v) is 6.84. The normalized spacial score (nSPS) is 23.2. The van der Waals surface area contributed by atoms with Crippen molar-refractivity contribution in [2.75, 3.05) is 19.6 Å². The molecule has 2 fully saturated rings. The van der Waals surface area contributed by atoms with Crippen LogP contribution in [0.5, 0.6) is 0 Å². The van der Waals surface area contributed by atoms with E-state index in [0.717, 1.165) is 25.7 Å². The van der Waals surface area contributed by atoms with E-state index in [1.807, 2.05) is 18.7 Å². The van der Waals surface area contributed by atoms with Crippen molar-refractivity contribution in [1.82, 2.24) is 10.2 Å². The van der Waals surface area contributed by atoms with Gasteiger partial charge in [-0.15, -0.1) is 0 Å². The molecule has 1 spiro atoms. The molecule has 0 atom stereocenters. The quantitative estimate of drug-likeness (QED) is 0.778. The molecular weight excluding hydrogens is 272 g/mol. The fourth-order valence-electron chi connectivity index (χ4n) is 3.48. The van der Waals surface area contributed by atoms with E-state index in [4.69, 9.17) is 9.84 Å². The minimum absolute atomic E-state index is 0.0822. The molecule has 1 heterocycles. The Labute approximate surface area is 125 Å². The summed E-state index contributed by atoms with van der Waals surface area (Å²) in [6, 6.07) is -0.108. The van der Waals surface area contributed by atoms with Crippen molar-refractivity contribution in [2.24, 2.45) is 0 Å². The predicted octanol–water partition coefficient (Wildman–Crippen LogP) is 1.98. The Kier molecular flexibility index (Phi) is 4.76. The van der Waals surface area contributed by atoms with Crippen LogP contribution in [-0.4, -0.2) is 52.8 Å². The van der Waals surface area contributed by atoms with E-state index in [1.54, 1.807) is 0 Å². The molecule has 6 nitrogen and oxygen atoms in total. The van der Waals surface area contributed by atoms with Crippen molar-refractivity contribution in [3.05, 3.63) is 0 Å². The molecule has 1 saturated carbocycles. The number of carboxylic acids is 1. The molecule has 1 saturated heterocycles. The van der Waals surface area contributed by atoms with Crippen LogP contribution in [0.2, 0.25) is 0 Å². The Morgan fingerprint density at radius 2 is 1.90 bits per heavy atom. The van der Waals surface area contributed by atoms with Gasteiger partial charge in [-0.05, 0) is 33.1 Å². The van der Waals surface area contributed by atoms with Crippen LogP contribution in [-0.2, 0) is 9.53 Å². The van der Waals surface area contributed by atoms with Crippen LogP contribution in [0.25, 0.3) is 0 Å². The highest BCUT2D eigenvalue weighted by Gasteiger charge is 2.46. The highest BCUT2D eigenvalue weighted by Crippen LogP contribution is 2.40. The number of amides is 2. The molecule has 2 rings (SSSR count). The van der Waals surface area contributed by atoms with Gasteiger partial charge in [0.15, 0.2) is 0 Å². The molecule has 0 radical (unpaired) electrons. The number of carbonyl (C=O) groups excluding carboxylic acids is 1. The van der Waals surface area contributed by atoms with Gasteiger partial charge < -0.3 is 20.1 Å². The van der Waals surface area contributed by atoms with Crippen LogP contribution in [0, 0.1) is 0 Å². The van der Waals surface area contributed by atoms with E-state index in [2.05, 4.69) is 5.32 Å². The number of hydrogen-bond donors (Lipinski definition) is 2. The van der Waals surface area contributed by atoms with Gasteiger partial charge in [-0.1, -0.05) is 12.8 Å². The first-order valence-electron chi connectivity index (χ1n) is 7.77. The molecule has 1 aliphatic heterocycles. The lowest BCUT2D eigenvalue weighted by molar-refractivity contribution is -0.184. The molecule has 0 aromatic rings. The average Bonchev–Trinajstić information content (AvgIpc) is 2.79. The molecule has 6 heteroatoms. The van der Waals surface area contributed by atoms with Crippen molar-refractivity contribution in [2.45, 2.75) is 63.6 Å². The third-order valence-corrected chi connectivity index (χ3v) is 4.19. The van der Waals surface area contributed by atoms with E-state index >= 15 is 0 Å². The van der Waals surface area contributed by atoms with E-state index in [-0.39, 0.29) is 23.7 Å². The van der Waals surface area contributed by atoms with Gasteiger partial charge in [0.2, 0.25) is 0 Å². The topological polar surface area (TPSA) is 78.9 Å². The molecular formula is C15H26N2O4. The Morgan fingerprint density at radius 1 is 1.24 bits per heavy atom. The van der Waals surface area contributed by atoms with Crippen molar-refractivity contribution in [3.63, 3.8) is 0 Å². The molecule has 120 valence electrons. The summed E-state index contributed by atoms with van der Waals surface area (Å²) in [5.41, 5.74) is -0.513. The number of carbonyl (C=O) groups is 2. The first-order valence-corrected chi connectivity index (χ1v) is 7.77. The minimum Gasteiger partial charge on any atom is -0.481 e. The molecule has 2 N–H and O–H groups in total. The smallest absolute Gasteiger partial charge is 0.317 e. The number of carboxylic acid groups (broad SMARTS) is 1. The summed E-state index contributed by atoms with van der Waals surface area (Å²) in [7, 11) is 0. The standard InChI is InChI=1S/C15H26N2O4/c1-14(2)10-17(11-15(21-14)7-3-4-8-15)13(20)16-9-5-6-12(18)19/h3-11H2,1-2H3,(H,16,20)(H,18,19). The van der Waals surface area contributed by atoms with Crippen LogP contribution < -0.4 is 5.32 Å². The number of ether oxygens (including phenoxy) is 1. The summed E-state index contributed by atoms with van der Waals surface area (Å²) in [6.07, 6.45) is 4.88. The molecule has 0 unspecified atom stereocenters. The summed E-state index contributed by atoms with van der Waals surface area (Å²) < 4.78 is 6.26. The molecule has 2 aliphatic rings. The lowest BCUT2D eigenvalue weighted by Crippen LogP contribution is -2.61. The van der Waals surface area contributed by atoms with Crippen LogP contribution in [0.4, 0.5) is 4.79 Å². The van der Waals surface area contributed by atoms with E-state index in [9.17, 15) is 9.59 Å². The van der Waals surface area contributed by atoms with Crippen molar-refractivity contribution in [1.29, 1.82) is 0 Å². The maximum atomic E-state index is 12.3. The highest BCUT2D eigenvalue weighted by atomic mass is 16.5. The monoisotopic (exact) mass is 298 g/mol. The predicted molar refractivity (Wildman–Crippen MR) is 78.2 cm³/mol. The van der Waals surface area contributed by atoms with Gasteiger partial charge in [-0.25, -0.2) is 4.79 Å². The van der Waals surface area contributed by atoms with Crippen LogP contribution in [0.15, 0.2) is 0 Å². The Bertz CT molecular complexity index is 402. The summed E-state index contributed by atoms with van der Waals surface area (Å²) in [5, 5.41) is 11.4. The summed E-state index contributed by atoms with van der Waals surface area (Å²) in [6.45, 7) is 5.66. The fourth-order valence-corrected chi connectivity index (χ4v) is 3.48. The zero-order valence-electron chi connectivity index (χ0n) is 13.0. The zero-order valence-corrected chi connectivity index (χ0v) is 13.0. The fraction of sp³-hybridized carbons (Fsp3) is 0.867. The number of rotatable bonds is 4. The molecule has 21 heavy (non-hydrogen) atoms. The molecule has 1 aliphatic carbocycles. The van der Waals surface area contributed by atoms with Gasteiger partial charge >= 0.3 is 12.0 Å². The second-order valence-electron chi connectivity index (χ2n) is 6.84. The highest BCUT2D eigenvalue weighted by molar-refractivity contribution is 5.74. The molecule has 0 aromatic heterocycles. The summed E-state index contributed by atoms with van der Waals surface area (Å²) in [4.78, 5) is 24.6. The van der Waals surface area contributed by atoms with Crippen molar-refractivity contribution in [3.8, 4) is 0 Å². The maximum Gasteiger partial charge on any atom is 0.317 e. The van der Waals surface area contributed by atoms with Gasteiger partial charge in [-0.2, -0.15) is 0 Å². The number of morpholine rings is 1. The summed E-state index contributed by atoms with van der Waals surface area (Å²) >= 11 is 0. The van der Waals surface area contributed by atoms with Crippen LogP contribution in [0.1, 0.15) is 52.4 Å². The number of hydrogen-bond acceptors (Lipinski definition) is 3. The van der Waals surface area contributed by atoms with Gasteiger partial charge in [0.25, 0.3) is 0 Å². The molecule has 2 amide bonds. The second kappa shape index (κ2) is 6.22. The van der Waals surface area contributed by atoms with Gasteiger partial charge in [0.1, 0.15) is 0 Å². The zero-order chi connectivity index (χ0) is 15.5. The van der Waals surface area contributed by atoms with E-state index < -0.39 is 5.97 Å².